The van der Waals surface area contributed by atoms with Crippen molar-refractivity contribution < 1.29 is 4.79 Å². The van der Waals surface area contributed by atoms with Gasteiger partial charge in [0.1, 0.15) is 0 Å². The van der Waals surface area contributed by atoms with Crippen LogP contribution in [0.4, 0.5) is 0 Å². The zero-order valence-electron chi connectivity index (χ0n) is 11.3. The van der Waals surface area contributed by atoms with Crippen molar-refractivity contribution in [3.8, 4) is 0 Å². The summed E-state index contributed by atoms with van der Waals surface area (Å²) in [7, 11) is 0. The fourth-order valence-electron chi connectivity index (χ4n) is 1.90. The Morgan fingerprint density at radius 3 is 2.45 bits per heavy atom. The van der Waals surface area contributed by atoms with Gasteiger partial charge in [-0.25, -0.2) is 0 Å². The number of nitrogens with one attached hydrogen (secondary N) is 1. The molecule has 1 amide bonds. The Hall–Kier alpha value is -1.32. The molecule has 0 fully saturated rings. The molecule has 2 nitrogen and oxygen atoms in total. The number of carbonyl (C=O) groups excluding carboxylic acids is 1. The normalized spacial score (nSPS) is 12.0. The highest BCUT2D eigenvalue weighted by molar-refractivity contribution is 9.10. The van der Waals surface area contributed by atoms with Crippen molar-refractivity contribution in [3.63, 3.8) is 0 Å². The summed E-state index contributed by atoms with van der Waals surface area (Å²) in [5.74, 6) is -0.138. The van der Waals surface area contributed by atoms with Crippen molar-refractivity contribution >= 4 is 33.4 Å². The number of rotatable bonds is 3. The van der Waals surface area contributed by atoms with E-state index in [-0.39, 0.29) is 11.9 Å². The van der Waals surface area contributed by atoms with E-state index >= 15 is 0 Å². The van der Waals surface area contributed by atoms with E-state index in [4.69, 9.17) is 11.6 Å². The molecule has 0 heterocycles. The average Bonchev–Trinajstić information content (AvgIpc) is 2.38. The predicted molar refractivity (Wildman–Crippen MR) is 86.2 cm³/mol. The second kappa shape index (κ2) is 6.42. The molecule has 1 unspecified atom stereocenters. The number of aryl methyl sites for hydroxylation is 1. The van der Waals surface area contributed by atoms with Crippen molar-refractivity contribution in [2.24, 2.45) is 0 Å². The fourth-order valence-corrected chi connectivity index (χ4v) is 2.76. The molecule has 0 radical (unpaired) electrons. The molecule has 20 heavy (non-hydrogen) atoms. The molecule has 4 heteroatoms. The summed E-state index contributed by atoms with van der Waals surface area (Å²) >= 11 is 9.29. The van der Waals surface area contributed by atoms with E-state index < -0.39 is 0 Å². The molecule has 104 valence electrons. The lowest BCUT2D eigenvalue weighted by Crippen LogP contribution is -2.26. The van der Waals surface area contributed by atoms with E-state index in [1.807, 2.05) is 38.1 Å². The van der Waals surface area contributed by atoms with Crippen LogP contribution < -0.4 is 5.32 Å². The number of hydrogen-bond acceptors (Lipinski definition) is 1. The summed E-state index contributed by atoms with van der Waals surface area (Å²) in [5, 5.41) is 3.50. The van der Waals surface area contributed by atoms with Crippen LogP contribution in [0, 0.1) is 6.92 Å². The smallest absolute Gasteiger partial charge is 0.251 e. The predicted octanol–water partition coefficient (Wildman–Crippen LogP) is 4.90. The number of benzene rings is 2. The molecule has 0 aliphatic rings. The molecule has 0 spiro atoms. The Morgan fingerprint density at radius 1 is 1.20 bits per heavy atom. The lowest BCUT2D eigenvalue weighted by Gasteiger charge is -2.15. The Balaban J connectivity index is 2.12. The van der Waals surface area contributed by atoms with Crippen LogP contribution in [0.3, 0.4) is 0 Å². The Morgan fingerprint density at radius 2 is 1.85 bits per heavy atom. The Kier molecular flexibility index (Phi) is 4.84. The van der Waals surface area contributed by atoms with Crippen LogP contribution >= 0.6 is 27.5 Å². The first-order valence-corrected chi connectivity index (χ1v) is 7.46. The molecule has 0 saturated carbocycles. The van der Waals surface area contributed by atoms with Crippen molar-refractivity contribution in [2.45, 2.75) is 19.9 Å². The monoisotopic (exact) mass is 351 g/mol. The summed E-state index contributed by atoms with van der Waals surface area (Å²) < 4.78 is 0.790. The maximum atomic E-state index is 12.2. The number of amides is 1. The van der Waals surface area contributed by atoms with E-state index in [2.05, 4.69) is 21.2 Å². The minimum absolute atomic E-state index is 0.0548. The molecule has 0 bridgehead atoms. The van der Waals surface area contributed by atoms with Gasteiger partial charge in [0.25, 0.3) is 5.91 Å². The van der Waals surface area contributed by atoms with Crippen LogP contribution in [0.25, 0.3) is 0 Å². The molecule has 1 atom stereocenters. The Labute approximate surface area is 132 Å². The molecule has 2 aromatic carbocycles. The Bertz CT molecular complexity index is 605. The first-order chi connectivity index (χ1) is 9.45. The highest BCUT2D eigenvalue weighted by atomic mass is 79.9. The fraction of sp³-hybridized carbons (Fsp3) is 0.188. The van der Waals surface area contributed by atoms with Crippen LogP contribution in [0.1, 0.15) is 34.5 Å². The van der Waals surface area contributed by atoms with Gasteiger partial charge in [-0.15, -0.1) is 0 Å². The summed E-state index contributed by atoms with van der Waals surface area (Å²) in [4.78, 5) is 12.2. The molecular weight excluding hydrogens is 338 g/mol. The maximum Gasteiger partial charge on any atom is 0.251 e. The highest BCUT2D eigenvalue weighted by Crippen LogP contribution is 2.20. The van der Waals surface area contributed by atoms with Crippen LogP contribution in [-0.4, -0.2) is 5.91 Å². The third-order valence-electron chi connectivity index (χ3n) is 3.05. The second-order valence-electron chi connectivity index (χ2n) is 4.76. The van der Waals surface area contributed by atoms with Crippen molar-refractivity contribution in [1.29, 1.82) is 0 Å². The van der Waals surface area contributed by atoms with Crippen LogP contribution in [0.2, 0.25) is 5.02 Å². The van der Waals surface area contributed by atoms with Gasteiger partial charge < -0.3 is 5.32 Å². The largest absolute Gasteiger partial charge is 0.346 e. The van der Waals surface area contributed by atoms with E-state index in [0.29, 0.717) is 10.6 Å². The minimum Gasteiger partial charge on any atom is -0.346 e. The molecule has 2 rings (SSSR count). The molecule has 0 aliphatic heterocycles. The summed E-state index contributed by atoms with van der Waals surface area (Å²) in [6.45, 7) is 4.00. The van der Waals surface area contributed by atoms with E-state index in [1.165, 1.54) is 5.56 Å². The third kappa shape index (κ3) is 3.84. The van der Waals surface area contributed by atoms with Gasteiger partial charge in [-0.3, -0.25) is 4.79 Å². The maximum absolute atomic E-state index is 12.2. The van der Waals surface area contributed by atoms with Gasteiger partial charge >= 0.3 is 0 Å². The first kappa shape index (κ1) is 15.1. The van der Waals surface area contributed by atoms with Gasteiger partial charge in [-0.2, -0.15) is 0 Å². The average molecular weight is 353 g/mol. The lowest BCUT2D eigenvalue weighted by atomic mass is 10.1. The van der Waals surface area contributed by atoms with Crippen LogP contribution in [0.5, 0.6) is 0 Å². The van der Waals surface area contributed by atoms with E-state index in [9.17, 15) is 4.79 Å². The van der Waals surface area contributed by atoms with Crippen molar-refractivity contribution in [1.82, 2.24) is 5.32 Å². The summed E-state index contributed by atoms with van der Waals surface area (Å²) in [6.07, 6.45) is 0. The van der Waals surface area contributed by atoms with Gasteiger partial charge in [0, 0.05) is 15.1 Å². The second-order valence-corrected chi connectivity index (χ2v) is 6.12. The molecule has 0 aliphatic carbocycles. The van der Waals surface area contributed by atoms with Crippen LogP contribution in [0.15, 0.2) is 46.9 Å². The highest BCUT2D eigenvalue weighted by Gasteiger charge is 2.12. The summed E-state index contributed by atoms with van der Waals surface area (Å²) in [5.41, 5.74) is 2.82. The molecular formula is C16H15BrClNO. The number of halogens is 2. The van der Waals surface area contributed by atoms with Gasteiger partial charge in [-0.1, -0.05) is 57.4 Å². The topological polar surface area (TPSA) is 29.1 Å². The minimum atomic E-state index is -0.138. The number of hydrogen-bond donors (Lipinski definition) is 1. The van der Waals surface area contributed by atoms with E-state index in [1.54, 1.807) is 18.2 Å². The molecule has 0 aromatic heterocycles. The molecule has 1 N–H and O–H groups in total. The SMILES string of the molecule is Cc1ccc(C(C)NC(=O)c2cc(Cl)cc(Br)c2)cc1. The van der Waals surface area contributed by atoms with Gasteiger partial charge in [0.15, 0.2) is 0 Å². The first-order valence-electron chi connectivity index (χ1n) is 6.29. The zero-order chi connectivity index (χ0) is 14.7. The van der Waals surface area contributed by atoms with Crippen molar-refractivity contribution in [2.75, 3.05) is 0 Å². The van der Waals surface area contributed by atoms with Crippen molar-refractivity contribution in [3.05, 3.63) is 68.7 Å². The third-order valence-corrected chi connectivity index (χ3v) is 3.73. The zero-order valence-corrected chi connectivity index (χ0v) is 13.6. The molecule has 2 aromatic rings. The number of carbonyl (C=O) groups is 1. The van der Waals surface area contributed by atoms with E-state index in [0.717, 1.165) is 10.0 Å². The standard InChI is InChI=1S/C16H15BrClNO/c1-10-3-5-12(6-4-10)11(2)19-16(20)13-7-14(17)9-15(18)8-13/h3-9,11H,1-2H3,(H,19,20). The van der Waals surface area contributed by atoms with Gasteiger partial charge in [0.2, 0.25) is 0 Å². The van der Waals surface area contributed by atoms with Gasteiger partial charge in [-0.05, 0) is 37.6 Å². The lowest BCUT2D eigenvalue weighted by molar-refractivity contribution is 0.0940. The molecule has 0 saturated heterocycles. The van der Waals surface area contributed by atoms with Gasteiger partial charge in [0.05, 0.1) is 6.04 Å². The quantitative estimate of drug-likeness (QED) is 0.836. The summed E-state index contributed by atoms with van der Waals surface area (Å²) in [6, 6.07) is 13.2. The van der Waals surface area contributed by atoms with Crippen LogP contribution in [-0.2, 0) is 0 Å².